The van der Waals surface area contributed by atoms with Crippen molar-refractivity contribution in [3.63, 3.8) is 0 Å². The van der Waals surface area contributed by atoms with Gasteiger partial charge in [0.05, 0.1) is 17.3 Å². The molecular weight excluding hydrogens is 234 g/mol. The van der Waals surface area contributed by atoms with Gasteiger partial charge in [0.2, 0.25) is 0 Å². The minimum atomic E-state index is 0.890. The van der Waals surface area contributed by atoms with E-state index >= 15 is 0 Å². The summed E-state index contributed by atoms with van der Waals surface area (Å²) in [5, 5.41) is 5.45. The van der Waals surface area contributed by atoms with Crippen LogP contribution in [0.15, 0.2) is 18.2 Å². The Labute approximate surface area is 104 Å². The first-order valence-electron chi connectivity index (χ1n) is 5.69. The molecular formula is C12H14N3OS. The summed E-state index contributed by atoms with van der Waals surface area (Å²) in [6.45, 7) is 3.80. The third kappa shape index (κ3) is 2.08. The van der Waals surface area contributed by atoms with E-state index in [9.17, 15) is 0 Å². The molecule has 0 spiro atoms. The fourth-order valence-electron chi connectivity index (χ4n) is 1.95. The number of hydrogen-bond donors (Lipinski definition) is 0. The van der Waals surface area contributed by atoms with Gasteiger partial charge in [0, 0.05) is 26.2 Å². The van der Waals surface area contributed by atoms with E-state index in [1.165, 1.54) is 4.70 Å². The van der Waals surface area contributed by atoms with Gasteiger partial charge in [-0.15, -0.1) is 0 Å². The van der Waals surface area contributed by atoms with Gasteiger partial charge in [0.25, 0.3) is 0 Å². The number of ether oxygens (including phenoxy) is 1. The third-order valence-corrected chi connectivity index (χ3v) is 3.99. The molecule has 0 bridgehead atoms. The highest BCUT2D eigenvalue weighted by Crippen LogP contribution is 2.31. The van der Waals surface area contributed by atoms with Gasteiger partial charge < -0.3 is 9.64 Å². The number of methoxy groups -OCH3 is 1. The minimum absolute atomic E-state index is 0.890. The quantitative estimate of drug-likeness (QED) is 0.812. The molecule has 2 aromatic rings. The van der Waals surface area contributed by atoms with Crippen LogP contribution >= 0.6 is 11.3 Å². The number of rotatable bonds is 2. The van der Waals surface area contributed by atoms with Gasteiger partial charge in [-0.2, -0.15) is 0 Å². The number of aromatic nitrogens is 1. The molecule has 4 nitrogen and oxygen atoms in total. The van der Waals surface area contributed by atoms with E-state index in [4.69, 9.17) is 4.74 Å². The van der Waals surface area contributed by atoms with E-state index in [0.29, 0.717) is 0 Å². The predicted octanol–water partition coefficient (Wildman–Crippen LogP) is 1.73. The van der Waals surface area contributed by atoms with Crippen LogP contribution in [-0.4, -0.2) is 38.3 Å². The van der Waals surface area contributed by atoms with Crippen LogP contribution in [0.5, 0.6) is 5.75 Å². The highest BCUT2D eigenvalue weighted by atomic mass is 32.1. The molecule has 0 aliphatic carbocycles. The molecule has 89 valence electrons. The Kier molecular flexibility index (Phi) is 2.86. The Hall–Kier alpha value is -1.33. The molecule has 0 atom stereocenters. The molecule has 1 aromatic carbocycles. The molecule has 1 aliphatic heterocycles. The van der Waals surface area contributed by atoms with Crippen molar-refractivity contribution in [3.8, 4) is 5.75 Å². The highest BCUT2D eigenvalue weighted by Gasteiger charge is 2.15. The smallest absolute Gasteiger partial charge is 0.186 e. The summed E-state index contributed by atoms with van der Waals surface area (Å²) in [5.41, 5.74) is 1.05. The van der Waals surface area contributed by atoms with Crippen molar-refractivity contribution in [1.82, 2.24) is 10.3 Å². The van der Waals surface area contributed by atoms with Gasteiger partial charge in [0.15, 0.2) is 5.13 Å². The van der Waals surface area contributed by atoms with Gasteiger partial charge in [-0.3, -0.25) is 0 Å². The van der Waals surface area contributed by atoms with Gasteiger partial charge in [-0.1, -0.05) is 11.3 Å². The molecule has 0 saturated carbocycles. The van der Waals surface area contributed by atoms with Crippen LogP contribution in [0.25, 0.3) is 10.2 Å². The lowest BCUT2D eigenvalue weighted by Crippen LogP contribution is -2.40. The molecule has 1 radical (unpaired) electrons. The Morgan fingerprint density at radius 2 is 2.12 bits per heavy atom. The van der Waals surface area contributed by atoms with E-state index in [1.807, 2.05) is 18.2 Å². The Morgan fingerprint density at radius 3 is 2.88 bits per heavy atom. The van der Waals surface area contributed by atoms with E-state index in [1.54, 1.807) is 18.4 Å². The maximum atomic E-state index is 5.23. The number of benzene rings is 1. The molecule has 3 rings (SSSR count). The van der Waals surface area contributed by atoms with Crippen molar-refractivity contribution in [2.75, 3.05) is 38.2 Å². The summed E-state index contributed by atoms with van der Waals surface area (Å²) in [5.74, 6) is 0.890. The molecule has 0 amide bonds. The fourth-order valence-corrected chi connectivity index (χ4v) is 3.00. The molecule has 17 heavy (non-hydrogen) atoms. The van der Waals surface area contributed by atoms with Crippen LogP contribution in [0.1, 0.15) is 0 Å². The number of fused-ring (bicyclic) bond motifs is 1. The molecule has 1 saturated heterocycles. The lowest BCUT2D eigenvalue weighted by Gasteiger charge is -2.25. The second-order valence-corrected chi connectivity index (χ2v) is 5.00. The number of hydrogen-bond acceptors (Lipinski definition) is 4. The van der Waals surface area contributed by atoms with Crippen molar-refractivity contribution in [3.05, 3.63) is 18.2 Å². The summed E-state index contributed by atoms with van der Waals surface area (Å²) in [6, 6.07) is 6.02. The van der Waals surface area contributed by atoms with Crippen molar-refractivity contribution >= 4 is 26.7 Å². The maximum Gasteiger partial charge on any atom is 0.186 e. The monoisotopic (exact) mass is 248 g/mol. The van der Waals surface area contributed by atoms with Crippen LogP contribution in [-0.2, 0) is 0 Å². The van der Waals surface area contributed by atoms with Gasteiger partial charge in [0.1, 0.15) is 5.75 Å². The van der Waals surface area contributed by atoms with Crippen LogP contribution < -0.4 is 15.0 Å². The van der Waals surface area contributed by atoms with E-state index in [-0.39, 0.29) is 0 Å². The highest BCUT2D eigenvalue weighted by molar-refractivity contribution is 7.22. The molecule has 2 heterocycles. The predicted molar refractivity (Wildman–Crippen MR) is 70.3 cm³/mol. The zero-order chi connectivity index (χ0) is 11.7. The van der Waals surface area contributed by atoms with Crippen molar-refractivity contribution < 1.29 is 4.74 Å². The summed E-state index contributed by atoms with van der Waals surface area (Å²) in [7, 11) is 1.69. The molecule has 5 heteroatoms. The molecule has 1 aromatic heterocycles. The minimum Gasteiger partial charge on any atom is -0.497 e. The van der Waals surface area contributed by atoms with Crippen LogP contribution in [0.3, 0.4) is 0 Å². The number of piperazine rings is 1. The Morgan fingerprint density at radius 1 is 1.29 bits per heavy atom. The largest absolute Gasteiger partial charge is 0.497 e. The van der Waals surface area contributed by atoms with Crippen molar-refractivity contribution in [2.24, 2.45) is 0 Å². The average molecular weight is 248 g/mol. The van der Waals surface area contributed by atoms with E-state index in [2.05, 4.69) is 15.2 Å². The maximum absolute atomic E-state index is 5.23. The summed E-state index contributed by atoms with van der Waals surface area (Å²) in [6.07, 6.45) is 0. The second-order valence-electron chi connectivity index (χ2n) is 3.99. The third-order valence-electron chi connectivity index (χ3n) is 2.91. The molecule has 0 unspecified atom stereocenters. The van der Waals surface area contributed by atoms with Gasteiger partial charge >= 0.3 is 0 Å². The normalized spacial score (nSPS) is 16.4. The first kappa shape index (κ1) is 10.8. The van der Waals surface area contributed by atoms with Crippen molar-refractivity contribution in [2.45, 2.75) is 0 Å². The molecule has 1 aliphatic rings. The van der Waals surface area contributed by atoms with Crippen molar-refractivity contribution in [1.29, 1.82) is 0 Å². The number of nitrogens with zero attached hydrogens (tertiary/aromatic N) is 3. The number of thiazole rings is 1. The second kappa shape index (κ2) is 4.50. The number of anilines is 1. The molecule has 0 N–H and O–H groups in total. The standard InChI is InChI=1S/C12H14N3OS/c1-16-9-2-3-10-11(8-9)17-12(14-10)15-6-4-13-5-7-15/h2-3,8H,4-7H2,1H3. The lowest BCUT2D eigenvalue weighted by molar-refractivity contribution is 0.415. The average Bonchev–Trinajstić information content (AvgIpc) is 2.82. The molecule has 1 fully saturated rings. The first-order chi connectivity index (χ1) is 8.36. The Balaban J connectivity index is 1.95. The van der Waals surface area contributed by atoms with E-state index in [0.717, 1.165) is 42.6 Å². The van der Waals surface area contributed by atoms with E-state index < -0.39 is 0 Å². The van der Waals surface area contributed by atoms with Crippen LogP contribution in [0, 0.1) is 0 Å². The summed E-state index contributed by atoms with van der Waals surface area (Å²) in [4.78, 5) is 6.97. The Bertz CT molecular complexity index is 519. The zero-order valence-corrected chi connectivity index (χ0v) is 10.5. The van der Waals surface area contributed by atoms with Crippen LogP contribution in [0.4, 0.5) is 5.13 Å². The van der Waals surface area contributed by atoms with Crippen LogP contribution in [0.2, 0.25) is 0 Å². The SMILES string of the molecule is COc1ccc2nc(N3CC[N]CC3)sc2c1. The zero-order valence-electron chi connectivity index (χ0n) is 9.72. The summed E-state index contributed by atoms with van der Waals surface area (Å²) >= 11 is 1.73. The van der Waals surface area contributed by atoms with Gasteiger partial charge in [-0.05, 0) is 18.2 Å². The lowest BCUT2D eigenvalue weighted by atomic mass is 10.3. The topological polar surface area (TPSA) is 39.5 Å². The first-order valence-corrected chi connectivity index (χ1v) is 6.51. The summed E-state index contributed by atoms with van der Waals surface area (Å²) < 4.78 is 6.41. The fraction of sp³-hybridized carbons (Fsp3) is 0.417. The van der Waals surface area contributed by atoms with Gasteiger partial charge in [-0.25, -0.2) is 10.3 Å².